The van der Waals surface area contributed by atoms with Gasteiger partial charge in [0.25, 0.3) is 0 Å². The van der Waals surface area contributed by atoms with Crippen LogP contribution in [0, 0.1) is 37.5 Å². The van der Waals surface area contributed by atoms with Gasteiger partial charge in [-0.25, -0.2) is 10.1 Å². The van der Waals surface area contributed by atoms with Crippen LogP contribution in [0.1, 0.15) is 173 Å². The number of methoxy groups -OCH3 is 7. The second kappa shape index (κ2) is 84.8. The number of carbonyl (C=O) groups excluding carboxylic acids is 5. The van der Waals surface area contributed by atoms with E-state index >= 15 is 0 Å². The predicted octanol–water partition coefficient (Wildman–Crippen LogP) is 17.2. The van der Waals surface area contributed by atoms with Gasteiger partial charge in [-0.3, -0.25) is 48.0 Å². The van der Waals surface area contributed by atoms with Gasteiger partial charge in [-0.05, 0) is 261 Å². The number of esters is 2. The largest absolute Gasteiger partial charge is 2.00 e. The summed E-state index contributed by atoms with van der Waals surface area (Å²) in [5.74, 6) is 6.33. The van der Waals surface area contributed by atoms with Gasteiger partial charge in [-0.1, -0.05) is 174 Å². The van der Waals surface area contributed by atoms with E-state index in [4.69, 9.17) is 74.5 Å². The number of hydrogen-bond acceptors (Lipinski definition) is 21. The molecule has 10 aromatic rings. The second-order valence-corrected chi connectivity index (χ2v) is 37.2. The van der Waals surface area contributed by atoms with E-state index in [1.807, 2.05) is 191 Å². The molecule has 0 aromatic heterocycles. The minimum atomic E-state index is -1.99. The van der Waals surface area contributed by atoms with Crippen LogP contribution in [-0.4, -0.2) is 199 Å². The molecule has 4 aliphatic carbocycles. The van der Waals surface area contributed by atoms with Crippen molar-refractivity contribution in [2.45, 2.75) is 129 Å². The quantitative estimate of drug-likeness (QED) is 0.00414. The zero-order valence-corrected chi connectivity index (χ0v) is 100. The Bertz CT molecular complexity index is 5170. The van der Waals surface area contributed by atoms with Crippen molar-refractivity contribution in [2.24, 2.45) is 23.7 Å². The average molecular weight is 2380 g/mol. The molecule has 2 radical (unpaired) electrons. The van der Waals surface area contributed by atoms with Crippen LogP contribution < -0.4 is 90.9 Å². The fraction of sp³-hybridized carbons (Fsp3) is 0.351. The Hall–Kier alpha value is -9.82. The van der Waals surface area contributed by atoms with Gasteiger partial charge < -0.3 is 99.4 Å². The van der Waals surface area contributed by atoms with Gasteiger partial charge in [0, 0.05) is 65.5 Å². The molecule has 4 saturated carbocycles. The Morgan fingerprint density at radius 1 is 0.412 bits per heavy atom. The van der Waals surface area contributed by atoms with Crippen molar-refractivity contribution in [2.75, 3.05) is 108 Å². The van der Waals surface area contributed by atoms with Crippen molar-refractivity contribution in [1.82, 2.24) is 10.1 Å². The molecule has 0 saturated heterocycles. The molecule has 8 unspecified atom stereocenters. The third-order valence-corrected chi connectivity index (χ3v) is 26.9. The van der Waals surface area contributed by atoms with Gasteiger partial charge in [0.05, 0.1) is 93.0 Å². The molecule has 10 aromatic carbocycles. The fourth-order valence-corrected chi connectivity index (χ4v) is 18.7. The number of benzene rings is 10. The van der Waals surface area contributed by atoms with E-state index in [-0.39, 0.29) is 120 Å². The first-order valence-corrected chi connectivity index (χ1v) is 51.9. The minimum absolute atomic E-state index is 0. The van der Waals surface area contributed by atoms with Crippen LogP contribution in [0.2, 0.25) is 0 Å². The molecule has 5 N–H and O–H groups in total. The number of hydroxylamine groups is 4. The zero-order valence-electron chi connectivity index (χ0n) is 88.2. The molecule has 0 heterocycles. The molecule has 148 heavy (non-hydrogen) atoms. The number of aldehydes is 1. The Morgan fingerprint density at radius 3 is 0.932 bits per heavy atom. The normalized spacial score (nSPS) is 15.0. The number of halogens is 4. The Morgan fingerprint density at radius 2 is 0.676 bits per heavy atom. The van der Waals surface area contributed by atoms with E-state index in [1.165, 1.54) is 62.5 Å². The zero-order chi connectivity index (χ0) is 107. The van der Waals surface area contributed by atoms with Crippen molar-refractivity contribution in [3.05, 3.63) is 326 Å². The number of amides is 2. The summed E-state index contributed by atoms with van der Waals surface area (Å²) in [7, 11) is 15.7. The van der Waals surface area contributed by atoms with E-state index < -0.39 is 25.2 Å². The fourth-order valence-electron chi connectivity index (χ4n) is 14.4. The molecule has 4 aliphatic rings. The van der Waals surface area contributed by atoms with Crippen LogP contribution in [-0.2, 0) is 76.9 Å². The summed E-state index contributed by atoms with van der Waals surface area (Å²) < 4.78 is 45.4. The van der Waals surface area contributed by atoms with Crippen molar-refractivity contribution in [3.63, 3.8) is 0 Å². The number of phenolic OH excluding ortho intramolecular Hbond substituents is 1. The first kappa shape index (κ1) is 142. The van der Waals surface area contributed by atoms with Gasteiger partial charge in [0.1, 0.15) is 69.7 Å². The summed E-state index contributed by atoms with van der Waals surface area (Å²) in [6.45, 7) is 21.7. The molecule has 14 rings (SSSR count). The van der Waals surface area contributed by atoms with Crippen LogP contribution in [0.3, 0.4) is 0 Å². The van der Waals surface area contributed by atoms with Crippen LogP contribution in [0.15, 0.2) is 273 Å². The van der Waals surface area contributed by atoms with Crippen molar-refractivity contribution >= 4 is 140 Å². The number of rotatable bonds is 36. The van der Waals surface area contributed by atoms with E-state index in [9.17, 15) is 43.5 Å². The van der Waals surface area contributed by atoms with E-state index in [0.29, 0.717) is 102 Å². The molecule has 0 aliphatic heterocycles. The maximum Gasteiger partial charge on any atom is 2.00 e. The third-order valence-electron chi connectivity index (χ3n) is 22.5. The van der Waals surface area contributed by atoms with E-state index in [1.54, 1.807) is 132 Å². The number of ether oxygens (including phenoxy) is 9. The Balaban J connectivity index is -0.00000160. The molecule has 4 fully saturated rings. The van der Waals surface area contributed by atoms with Crippen LogP contribution >= 0.6 is 57.2 Å². The number of alkyl halides is 2. The number of aliphatic carboxylic acids is 3. The smallest absolute Gasteiger partial charge is 1.00 e. The van der Waals surface area contributed by atoms with Crippen LogP contribution in [0.4, 0.5) is 0 Å². The maximum atomic E-state index is 11.7. The summed E-state index contributed by atoms with van der Waals surface area (Å²) in [5, 5.41) is 41.7. The number of carbonyl (C=O) groups is 8. The molecule has 0 bridgehead atoms. The van der Waals surface area contributed by atoms with Crippen LogP contribution in [0.25, 0.3) is 12.2 Å². The maximum absolute atomic E-state index is 11.7. The molecular weight excluding hydrogens is 2230 g/mol. The second-order valence-electron chi connectivity index (χ2n) is 31.7. The Labute approximate surface area is 950 Å². The number of phenols is 1. The first-order valence-electron chi connectivity index (χ1n) is 46.9. The first-order chi connectivity index (χ1) is 69.6. The number of carboxylic acids is 3. The van der Waals surface area contributed by atoms with E-state index in [0.717, 1.165) is 84.2 Å². The average Bonchev–Trinajstić information content (AvgIpc) is 1.24. The monoisotopic (exact) mass is 2370 g/mol. The Kier molecular flexibility index (Phi) is 81.6. The van der Waals surface area contributed by atoms with Gasteiger partial charge in [-0.2, -0.15) is 29.6 Å². The third kappa shape index (κ3) is 56.9. The van der Waals surface area contributed by atoms with Gasteiger partial charge in [-0.15, -0.1) is 11.6 Å². The number of carboxylic acid groups (broad SMARTS) is 3. The molecule has 34 heteroatoms. The van der Waals surface area contributed by atoms with Crippen molar-refractivity contribution in [1.29, 1.82) is 0 Å². The molecule has 8 atom stereocenters. The van der Waals surface area contributed by atoms with Crippen molar-refractivity contribution < 1.29 is 183 Å². The molecule has 26 nitrogen and oxygen atoms in total. The van der Waals surface area contributed by atoms with Gasteiger partial charge in [0.15, 0.2) is 6.67 Å². The van der Waals surface area contributed by atoms with Gasteiger partial charge in [0.2, 0.25) is 11.8 Å². The summed E-state index contributed by atoms with van der Waals surface area (Å²) in [6, 6.07) is 84.3. The van der Waals surface area contributed by atoms with Gasteiger partial charge >= 0.3 is 78.9 Å². The minimum Gasteiger partial charge on any atom is -1.00 e. The predicted molar refractivity (Wildman–Crippen MR) is 592 cm³/mol. The summed E-state index contributed by atoms with van der Waals surface area (Å²) >= 11 is 9.48. The molecule has 2 amide bonds. The topological polar surface area (TPSA) is 355 Å². The van der Waals surface area contributed by atoms with Crippen LogP contribution in [0.5, 0.6) is 40.2 Å². The number of nitrogens with zero attached hydrogens (tertiary/aromatic N) is 2. The van der Waals surface area contributed by atoms with Crippen molar-refractivity contribution in [3.8, 4) is 40.2 Å². The number of aromatic hydroxyl groups is 1. The van der Waals surface area contributed by atoms with E-state index in [2.05, 4.69) is 124 Å². The molecule has 794 valence electrons. The standard InChI is InChI=1S/C21H19O2P.C14H19NO3.C14H18O3.C13H17NO3.C13H16O3.C12H14O3.C11H12O3.C8H8O2.C3H8O.2C2H5.CH2ClI.BBr.BrH.Na.H2O.Zn/c22-21(23)16-17-24(18-10-4-1-5-11-18,19-12-6-2-7-13-19)20-14-8-3-9-15-20;1-15(18-3)14(16)9-11-8-13(11)10-4-6-12(17-2)7-5-10;1-3-17-14(15)9-11-8-13(11)10-4-6-12(16-2)7-5-10;1-14(17-3)13(15)6-4-5-11-7-9-12(16-2)10-8-11;1-2-16-13(15)8-10-7-12(10)9-3-5-11(14)6-4-9;1-15-10-4-2-8(3-5-10)11-6-9(11)7-12(13)14;1-14-10-7-5-9(6-8-10)3-2-4-11(12)13;1-10-8-4-2-7(6-9)3-5-8;1-3-4-2;2*1-2;2-1-3;1-2;;;;/h1-15H,16-17H2;4-7,11,13H,8-9H2,1-3H3;4-7,11,13H,3,8-9H2,1-2H3;4-5,7-10H,6H2,1-3H3;3-6,10,12,14H,2,7-8H2,1H3;2-5,9,11H,6-7H2,1H3,(H,13,14);2-3,5-8H,4H2,1H3,(H,12,13);2-6H,1H3;3H2,1-2H3;2*1H2,2H3;1H2;;1H;;1H2;/q;;;;;;;;;2*-1;;;;+1;;+2/p-1/b;;;5-4+;;;3-2+;;;;;;;;;;. The summed E-state index contributed by atoms with van der Waals surface area (Å²) in [4.78, 5) is 97.6. The SMILES string of the molecule is CCOC.CCOC(=O)CC1CC1c1ccc(O)cc1.CCOC(=O)CC1CC1c1ccc(OC)cc1.COc1ccc(/C=C/CC(=O)N(C)OC)cc1.COc1ccc(/C=C/CC(=O)O)cc1.COc1ccc(C2CC2CC(=O)N(C)OC)cc1.COc1ccc(C2CC2CC(=O)O)cc1.COc1ccc(C=O)cc1.ClCI.O=C(O)CC[P+](c1ccccc1)(c1ccccc1)c1ccccc1.[B]Br.[Br-].[CH2-]C.[CH2-]C.[Na+].[OH-].[Zn+2]. The summed E-state index contributed by atoms with van der Waals surface area (Å²) in [6.07, 6.45) is 15.2. The summed E-state index contributed by atoms with van der Waals surface area (Å²) in [5.41, 5.74) is 7.66. The molecular formula is C114H145BBr2ClIN2NaO24PZn. The number of hydrogen-bond donors (Lipinski definition) is 4. The molecule has 0 spiro atoms.